The fourth-order valence-corrected chi connectivity index (χ4v) is 3.34. The van der Waals surface area contributed by atoms with Crippen LogP contribution in [0.4, 0.5) is 0 Å². The number of rotatable bonds is 9. The lowest BCUT2D eigenvalue weighted by molar-refractivity contribution is 0.0638. The van der Waals surface area contributed by atoms with Gasteiger partial charge in [0, 0.05) is 44.5 Å². The fourth-order valence-electron chi connectivity index (χ4n) is 3.34. The third kappa shape index (κ3) is 5.16. The van der Waals surface area contributed by atoms with E-state index in [4.69, 9.17) is 4.74 Å². The lowest BCUT2D eigenvalue weighted by Crippen LogP contribution is -2.34. The van der Waals surface area contributed by atoms with E-state index in [1.165, 1.54) is 23.1 Å². The molecule has 0 spiro atoms. The molecular formula is C23H25N3O5. The van der Waals surface area contributed by atoms with Gasteiger partial charge in [0.15, 0.2) is 0 Å². The van der Waals surface area contributed by atoms with Gasteiger partial charge in [-0.3, -0.25) is 24.1 Å². The van der Waals surface area contributed by atoms with Crippen LogP contribution in [-0.2, 0) is 4.74 Å². The molecule has 8 nitrogen and oxygen atoms in total. The summed E-state index contributed by atoms with van der Waals surface area (Å²) in [6.07, 6.45) is 0.545. The van der Waals surface area contributed by atoms with Crippen molar-refractivity contribution < 1.29 is 23.9 Å². The van der Waals surface area contributed by atoms with E-state index in [9.17, 15) is 19.2 Å². The van der Waals surface area contributed by atoms with Crippen molar-refractivity contribution in [1.29, 1.82) is 0 Å². The summed E-state index contributed by atoms with van der Waals surface area (Å²) in [7, 11) is 1.56. The van der Waals surface area contributed by atoms with E-state index >= 15 is 0 Å². The van der Waals surface area contributed by atoms with Gasteiger partial charge in [-0.25, -0.2) is 0 Å². The van der Waals surface area contributed by atoms with Crippen molar-refractivity contribution in [3.63, 3.8) is 0 Å². The molecule has 0 fully saturated rings. The summed E-state index contributed by atoms with van der Waals surface area (Å²) in [5.41, 5.74) is 2.35. The van der Waals surface area contributed by atoms with Crippen molar-refractivity contribution in [2.24, 2.45) is 0 Å². The highest BCUT2D eigenvalue weighted by molar-refractivity contribution is 6.22. The predicted molar refractivity (Wildman–Crippen MR) is 114 cm³/mol. The van der Waals surface area contributed by atoms with Crippen molar-refractivity contribution >= 4 is 23.6 Å². The van der Waals surface area contributed by atoms with Crippen molar-refractivity contribution in [2.75, 3.05) is 33.4 Å². The summed E-state index contributed by atoms with van der Waals surface area (Å²) in [6, 6.07) is 11.7. The molecule has 0 aromatic heterocycles. The Hall–Kier alpha value is -3.52. The highest BCUT2D eigenvalue weighted by Gasteiger charge is 2.35. The number of hydrogen-bond acceptors (Lipinski definition) is 5. The lowest BCUT2D eigenvalue weighted by Gasteiger charge is -2.12. The maximum absolute atomic E-state index is 12.6. The van der Waals surface area contributed by atoms with Crippen LogP contribution in [0, 0.1) is 6.92 Å². The van der Waals surface area contributed by atoms with E-state index in [0.717, 1.165) is 5.56 Å². The average molecular weight is 423 g/mol. The molecule has 8 heteroatoms. The van der Waals surface area contributed by atoms with Crippen LogP contribution in [0.15, 0.2) is 42.5 Å². The van der Waals surface area contributed by atoms with Gasteiger partial charge in [0.1, 0.15) is 0 Å². The molecule has 0 atom stereocenters. The summed E-state index contributed by atoms with van der Waals surface area (Å²) < 4.78 is 4.96. The molecule has 3 rings (SSSR count). The molecule has 0 saturated carbocycles. The number of carbonyl (C=O) groups is 4. The number of ether oxygens (including phenoxy) is 1. The maximum atomic E-state index is 12.6. The molecule has 0 bridgehead atoms. The topological polar surface area (TPSA) is 105 Å². The number of benzene rings is 2. The van der Waals surface area contributed by atoms with Gasteiger partial charge in [-0.1, -0.05) is 17.7 Å². The van der Waals surface area contributed by atoms with Crippen molar-refractivity contribution in [3.05, 3.63) is 70.3 Å². The van der Waals surface area contributed by atoms with Gasteiger partial charge in [0.2, 0.25) is 0 Å². The van der Waals surface area contributed by atoms with Gasteiger partial charge >= 0.3 is 0 Å². The Bertz CT molecular complexity index is 1020. The van der Waals surface area contributed by atoms with Gasteiger partial charge in [-0.15, -0.1) is 0 Å². The molecular weight excluding hydrogens is 398 g/mol. The largest absolute Gasteiger partial charge is 0.385 e. The summed E-state index contributed by atoms with van der Waals surface area (Å²) in [6.45, 7) is 3.10. The van der Waals surface area contributed by atoms with Gasteiger partial charge in [-0.2, -0.15) is 0 Å². The zero-order valence-corrected chi connectivity index (χ0v) is 17.6. The summed E-state index contributed by atoms with van der Waals surface area (Å²) in [5.74, 6) is -1.36. The number of fused-ring (bicyclic) bond motifs is 1. The number of aryl methyl sites for hydroxylation is 1. The van der Waals surface area contributed by atoms with Crippen LogP contribution in [0.5, 0.6) is 0 Å². The van der Waals surface area contributed by atoms with E-state index in [2.05, 4.69) is 10.6 Å². The fraction of sp³-hybridized carbons (Fsp3) is 0.304. The lowest BCUT2D eigenvalue weighted by atomic mass is 10.1. The SMILES string of the molecule is COCCCN1C(=O)c2ccc(C(=O)NCCNC(=O)c3cccc(C)c3)cc2C1=O. The first kappa shape index (κ1) is 22.2. The molecule has 1 aliphatic rings. The quantitative estimate of drug-likeness (QED) is 0.473. The third-order valence-corrected chi connectivity index (χ3v) is 4.94. The Morgan fingerprint density at radius 1 is 0.903 bits per heavy atom. The van der Waals surface area contributed by atoms with E-state index < -0.39 is 5.91 Å². The minimum atomic E-state index is -0.406. The first-order valence-corrected chi connectivity index (χ1v) is 10.0. The molecule has 31 heavy (non-hydrogen) atoms. The number of nitrogens with one attached hydrogen (secondary N) is 2. The number of methoxy groups -OCH3 is 1. The van der Waals surface area contributed by atoms with Crippen molar-refractivity contribution in [1.82, 2.24) is 15.5 Å². The second-order valence-electron chi connectivity index (χ2n) is 7.25. The Morgan fingerprint density at radius 2 is 1.55 bits per heavy atom. The Labute approximate surface area is 180 Å². The molecule has 0 saturated heterocycles. The van der Waals surface area contributed by atoms with Crippen LogP contribution >= 0.6 is 0 Å². The second kappa shape index (κ2) is 9.99. The van der Waals surface area contributed by atoms with Crippen LogP contribution in [0.1, 0.15) is 53.4 Å². The smallest absolute Gasteiger partial charge is 0.261 e. The summed E-state index contributed by atoms with van der Waals surface area (Å²) in [5, 5.41) is 5.46. The zero-order valence-electron chi connectivity index (χ0n) is 17.6. The van der Waals surface area contributed by atoms with Gasteiger partial charge in [0.05, 0.1) is 11.1 Å². The molecule has 2 N–H and O–H groups in total. The monoisotopic (exact) mass is 423 g/mol. The number of imide groups is 1. The number of nitrogens with zero attached hydrogens (tertiary/aromatic N) is 1. The second-order valence-corrected chi connectivity index (χ2v) is 7.25. The van der Waals surface area contributed by atoms with E-state index in [1.54, 1.807) is 19.2 Å². The predicted octanol–water partition coefficient (Wildman–Crippen LogP) is 1.79. The molecule has 4 amide bonds. The average Bonchev–Trinajstić information content (AvgIpc) is 3.01. The standard InChI is InChI=1S/C23H25N3O5/c1-15-5-3-6-16(13-15)20(27)24-9-10-25-21(28)17-7-8-18-19(14-17)23(30)26(22(18)29)11-4-12-31-2/h3,5-8,13-14H,4,9-12H2,1-2H3,(H,24,27)(H,25,28). The molecule has 1 heterocycles. The van der Waals surface area contributed by atoms with Crippen molar-refractivity contribution in [2.45, 2.75) is 13.3 Å². The molecule has 2 aromatic rings. The Kier molecular flexibility index (Phi) is 7.15. The van der Waals surface area contributed by atoms with Crippen LogP contribution in [-0.4, -0.2) is 61.9 Å². The summed E-state index contributed by atoms with van der Waals surface area (Å²) in [4.78, 5) is 50.7. The summed E-state index contributed by atoms with van der Waals surface area (Å²) >= 11 is 0. The van der Waals surface area contributed by atoms with Gasteiger partial charge < -0.3 is 15.4 Å². The minimum absolute atomic E-state index is 0.215. The van der Waals surface area contributed by atoms with Crippen LogP contribution in [0.25, 0.3) is 0 Å². The molecule has 0 unspecified atom stereocenters. The minimum Gasteiger partial charge on any atom is -0.385 e. The zero-order chi connectivity index (χ0) is 22.4. The normalized spacial score (nSPS) is 12.6. The van der Waals surface area contributed by atoms with Gasteiger partial charge in [-0.05, 0) is 43.7 Å². The van der Waals surface area contributed by atoms with Gasteiger partial charge in [0.25, 0.3) is 23.6 Å². The Balaban J connectivity index is 1.54. The third-order valence-electron chi connectivity index (χ3n) is 4.94. The highest BCUT2D eigenvalue weighted by atomic mass is 16.5. The number of amides is 4. The van der Waals surface area contributed by atoms with Crippen LogP contribution < -0.4 is 10.6 Å². The number of hydrogen-bond donors (Lipinski definition) is 2. The molecule has 1 aliphatic heterocycles. The molecule has 0 radical (unpaired) electrons. The molecule has 162 valence electrons. The maximum Gasteiger partial charge on any atom is 0.261 e. The van der Waals surface area contributed by atoms with E-state index in [0.29, 0.717) is 24.2 Å². The Morgan fingerprint density at radius 3 is 2.19 bits per heavy atom. The van der Waals surface area contributed by atoms with Crippen LogP contribution in [0.3, 0.4) is 0 Å². The van der Waals surface area contributed by atoms with Crippen LogP contribution in [0.2, 0.25) is 0 Å². The first-order valence-electron chi connectivity index (χ1n) is 10.0. The van der Waals surface area contributed by atoms with E-state index in [1.807, 2.05) is 19.1 Å². The first-order chi connectivity index (χ1) is 14.9. The molecule has 2 aromatic carbocycles. The van der Waals surface area contributed by atoms with E-state index in [-0.39, 0.29) is 48.5 Å². The number of carbonyl (C=O) groups excluding carboxylic acids is 4. The highest BCUT2D eigenvalue weighted by Crippen LogP contribution is 2.24. The molecule has 0 aliphatic carbocycles. The van der Waals surface area contributed by atoms with Crippen molar-refractivity contribution in [3.8, 4) is 0 Å².